The zero-order chi connectivity index (χ0) is 28.3. The minimum absolute atomic E-state index is 0.193. The lowest BCUT2D eigenvalue weighted by molar-refractivity contribution is 0.306. The fourth-order valence-electron chi connectivity index (χ4n) is 3.77. The molecule has 5 aromatic rings. The number of nitrogens with zero attached hydrogens (tertiary/aromatic N) is 3. The molecule has 1 N–H and O–H groups in total. The lowest BCUT2D eigenvalue weighted by atomic mass is 10.1. The van der Waals surface area contributed by atoms with Crippen molar-refractivity contribution in [1.29, 1.82) is 0 Å². The average molecular weight is 577 g/mol. The standard InChI is InChI=1S/C30H26ClFN4O3S/c1-30(2,3)40(37)35-16-23-9-12-27(39-23)20-7-10-26-24(14-20)29(34-18-33-26)36-22-8-11-28(25(31)15-22)38-17-19-5-4-6-21(32)13-19/h4-16,18H,17H2,1-3H3,(H,33,34,36)/t40-/m0/s1. The first-order chi connectivity index (χ1) is 19.2. The summed E-state index contributed by atoms with van der Waals surface area (Å²) in [6.45, 7) is 5.78. The molecule has 10 heteroatoms. The normalized spacial score (nSPS) is 12.6. The first-order valence-corrected chi connectivity index (χ1v) is 13.9. The lowest BCUT2D eigenvalue weighted by Gasteiger charge is -2.12. The van der Waals surface area contributed by atoms with Crippen LogP contribution >= 0.6 is 11.6 Å². The van der Waals surface area contributed by atoms with Gasteiger partial charge < -0.3 is 14.5 Å². The number of ether oxygens (including phenoxy) is 1. The van der Waals surface area contributed by atoms with E-state index in [0.29, 0.717) is 39.4 Å². The zero-order valence-corrected chi connectivity index (χ0v) is 23.6. The molecule has 204 valence electrons. The van der Waals surface area contributed by atoms with Crippen molar-refractivity contribution in [1.82, 2.24) is 9.97 Å². The average Bonchev–Trinajstić information content (AvgIpc) is 3.40. The number of furan rings is 1. The molecule has 0 bridgehead atoms. The summed E-state index contributed by atoms with van der Waals surface area (Å²) in [5.74, 6) is 1.88. The van der Waals surface area contributed by atoms with Crippen LogP contribution in [0.2, 0.25) is 5.02 Å². The molecule has 40 heavy (non-hydrogen) atoms. The van der Waals surface area contributed by atoms with E-state index in [1.165, 1.54) is 24.7 Å². The van der Waals surface area contributed by atoms with Crippen LogP contribution in [0.3, 0.4) is 0 Å². The third-order valence-electron chi connectivity index (χ3n) is 5.82. The Morgan fingerprint density at radius 2 is 1.93 bits per heavy atom. The molecule has 0 unspecified atom stereocenters. The van der Waals surface area contributed by atoms with E-state index in [1.54, 1.807) is 30.3 Å². The van der Waals surface area contributed by atoms with Crippen LogP contribution in [0, 0.1) is 5.82 Å². The maximum Gasteiger partial charge on any atom is 0.146 e. The molecule has 0 aliphatic carbocycles. The maximum absolute atomic E-state index is 13.4. The summed E-state index contributed by atoms with van der Waals surface area (Å²) in [5, 5.41) is 4.48. The molecular formula is C30H26ClFN4O3S. The van der Waals surface area contributed by atoms with Gasteiger partial charge in [-0.15, -0.1) is 0 Å². The van der Waals surface area contributed by atoms with Gasteiger partial charge >= 0.3 is 0 Å². The molecule has 2 heterocycles. The van der Waals surface area contributed by atoms with E-state index in [0.717, 1.165) is 16.5 Å². The molecule has 1 atom stereocenters. The first kappa shape index (κ1) is 27.5. The van der Waals surface area contributed by atoms with Crippen LogP contribution in [-0.2, 0) is 17.6 Å². The monoisotopic (exact) mass is 576 g/mol. The van der Waals surface area contributed by atoms with E-state index in [4.69, 9.17) is 20.8 Å². The Balaban J connectivity index is 1.34. The van der Waals surface area contributed by atoms with Gasteiger partial charge in [-0.3, -0.25) is 0 Å². The Labute approximate surface area is 238 Å². The van der Waals surface area contributed by atoms with Crippen molar-refractivity contribution in [3.8, 4) is 17.1 Å². The second-order valence-electron chi connectivity index (χ2n) is 9.94. The molecule has 0 fully saturated rings. The largest absolute Gasteiger partial charge is 0.487 e. The molecule has 3 aromatic carbocycles. The number of fused-ring (bicyclic) bond motifs is 1. The van der Waals surface area contributed by atoms with Gasteiger partial charge in [-0.05, 0) is 87.0 Å². The van der Waals surface area contributed by atoms with Gasteiger partial charge in [-0.25, -0.2) is 18.6 Å². The molecule has 7 nitrogen and oxygen atoms in total. The highest BCUT2D eigenvalue weighted by Crippen LogP contribution is 2.32. The highest BCUT2D eigenvalue weighted by atomic mass is 35.5. The van der Waals surface area contributed by atoms with Gasteiger partial charge in [0.05, 0.1) is 21.5 Å². The Kier molecular flexibility index (Phi) is 7.95. The molecule has 0 saturated carbocycles. The number of hydrogen-bond donors (Lipinski definition) is 1. The SMILES string of the molecule is CC(C)(C)[S@](=O)N=Cc1ccc(-c2ccc3ncnc(Nc4ccc(OCc5cccc(F)c5)c(Cl)c4)c3c2)o1. The van der Waals surface area contributed by atoms with Crippen molar-refractivity contribution in [2.24, 2.45) is 4.40 Å². The maximum atomic E-state index is 13.4. The number of rotatable bonds is 8. The number of benzene rings is 3. The summed E-state index contributed by atoms with van der Waals surface area (Å²) >= 11 is 6.48. The topological polar surface area (TPSA) is 89.6 Å². The van der Waals surface area contributed by atoms with E-state index < -0.39 is 15.7 Å². The fraction of sp³-hybridized carbons (Fsp3) is 0.167. The third kappa shape index (κ3) is 6.55. The van der Waals surface area contributed by atoms with Crippen LogP contribution in [0.1, 0.15) is 32.1 Å². The van der Waals surface area contributed by atoms with Crippen molar-refractivity contribution in [3.05, 3.63) is 101 Å². The summed E-state index contributed by atoms with van der Waals surface area (Å²) in [6, 6.07) is 20.9. The van der Waals surface area contributed by atoms with Gasteiger partial charge in [0.1, 0.15) is 52.8 Å². The van der Waals surface area contributed by atoms with E-state index in [-0.39, 0.29) is 12.4 Å². The van der Waals surface area contributed by atoms with E-state index >= 15 is 0 Å². The quantitative estimate of drug-likeness (QED) is 0.189. The van der Waals surface area contributed by atoms with Gasteiger partial charge in [-0.1, -0.05) is 23.7 Å². The molecule has 0 spiro atoms. The number of hydrogen-bond acceptors (Lipinski definition) is 6. The van der Waals surface area contributed by atoms with Crippen LogP contribution in [-0.4, -0.2) is 25.1 Å². The van der Waals surface area contributed by atoms with Gasteiger partial charge in [0.2, 0.25) is 0 Å². The minimum atomic E-state index is -1.38. The molecule has 0 saturated heterocycles. The fourth-order valence-corrected chi connectivity index (χ4v) is 4.52. The summed E-state index contributed by atoms with van der Waals surface area (Å²) < 4.78 is 41.0. The van der Waals surface area contributed by atoms with E-state index in [2.05, 4.69) is 19.7 Å². The van der Waals surface area contributed by atoms with Gasteiger partial charge in [0.15, 0.2) is 0 Å². The van der Waals surface area contributed by atoms with E-state index in [9.17, 15) is 8.60 Å². The van der Waals surface area contributed by atoms with Crippen molar-refractivity contribution in [3.63, 3.8) is 0 Å². The zero-order valence-electron chi connectivity index (χ0n) is 22.0. The molecule has 0 amide bonds. The van der Waals surface area contributed by atoms with Gasteiger partial charge in [0.25, 0.3) is 0 Å². The Morgan fingerprint density at radius 3 is 2.70 bits per heavy atom. The molecule has 2 aromatic heterocycles. The molecule has 5 rings (SSSR count). The minimum Gasteiger partial charge on any atom is -0.487 e. The number of anilines is 2. The van der Waals surface area contributed by atoms with Crippen molar-refractivity contribution in [2.75, 3.05) is 5.32 Å². The third-order valence-corrected chi connectivity index (χ3v) is 7.46. The summed E-state index contributed by atoms with van der Waals surface area (Å²) in [4.78, 5) is 8.81. The van der Waals surface area contributed by atoms with Gasteiger partial charge in [0, 0.05) is 16.6 Å². The smallest absolute Gasteiger partial charge is 0.146 e. The Hall–Kier alpha value is -4.08. The number of halogens is 2. The number of nitrogens with one attached hydrogen (secondary N) is 1. The molecule has 0 aliphatic heterocycles. The summed E-state index contributed by atoms with van der Waals surface area (Å²) in [5.41, 5.74) is 2.98. The second-order valence-corrected chi connectivity index (χ2v) is 12.3. The predicted molar refractivity (Wildman–Crippen MR) is 158 cm³/mol. The highest BCUT2D eigenvalue weighted by molar-refractivity contribution is 7.85. The summed E-state index contributed by atoms with van der Waals surface area (Å²) in [7, 11) is -1.38. The highest BCUT2D eigenvalue weighted by Gasteiger charge is 2.18. The first-order valence-electron chi connectivity index (χ1n) is 12.4. The Morgan fingerprint density at radius 1 is 1.07 bits per heavy atom. The van der Waals surface area contributed by atoms with E-state index in [1.807, 2.05) is 51.1 Å². The van der Waals surface area contributed by atoms with Crippen molar-refractivity contribution >= 4 is 51.2 Å². The van der Waals surface area contributed by atoms with Crippen LogP contribution in [0.5, 0.6) is 5.75 Å². The summed E-state index contributed by atoms with van der Waals surface area (Å²) in [6.07, 6.45) is 2.97. The number of aromatic nitrogens is 2. The predicted octanol–water partition coefficient (Wildman–Crippen LogP) is 7.89. The van der Waals surface area contributed by atoms with Crippen LogP contribution < -0.4 is 10.1 Å². The van der Waals surface area contributed by atoms with Gasteiger partial charge in [-0.2, -0.15) is 4.40 Å². The van der Waals surface area contributed by atoms with Crippen LogP contribution in [0.4, 0.5) is 15.9 Å². The molecular weight excluding hydrogens is 551 g/mol. The van der Waals surface area contributed by atoms with Crippen molar-refractivity contribution < 1.29 is 17.8 Å². The van der Waals surface area contributed by atoms with Crippen LogP contribution in [0.15, 0.2) is 87.9 Å². The molecule has 0 aliphatic rings. The van der Waals surface area contributed by atoms with Crippen LogP contribution in [0.25, 0.3) is 22.2 Å². The lowest BCUT2D eigenvalue weighted by Crippen LogP contribution is -2.19. The molecule has 0 radical (unpaired) electrons. The second kappa shape index (κ2) is 11.6. The Bertz CT molecular complexity index is 1730. The van der Waals surface area contributed by atoms with Crippen molar-refractivity contribution in [2.45, 2.75) is 32.1 Å².